The third-order valence-electron chi connectivity index (χ3n) is 4.40. The van der Waals surface area contributed by atoms with E-state index in [4.69, 9.17) is 15.2 Å². The van der Waals surface area contributed by atoms with Crippen LogP contribution in [0.15, 0.2) is 0 Å². The zero-order chi connectivity index (χ0) is 13.3. The number of rotatable bonds is 8. The highest BCUT2D eigenvalue weighted by atomic mass is 16.6. The van der Waals surface area contributed by atoms with Gasteiger partial charge in [0.1, 0.15) is 11.3 Å². The third-order valence-corrected chi connectivity index (χ3v) is 4.40. The minimum atomic E-state index is -0.617. The van der Waals surface area contributed by atoms with Crippen LogP contribution in [-0.4, -0.2) is 35.2 Å². The van der Waals surface area contributed by atoms with Gasteiger partial charge in [-0.3, -0.25) is 0 Å². The molecule has 106 valence electrons. The van der Waals surface area contributed by atoms with E-state index >= 15 is 0 Å². The Hall–Kier alpha value is -0.160. The molecule has 1 heterocycles. The van der Waals surface area contributed by atoms with E-state index in [0.29, 0.717) is 13.0 Å². The standard InChI is InChI=1S/C14H27NO3/c1-3-4-5-12(2,16)8-10-17-13(6-7-13)14(15)9-11-18-14/h16H,3-11,15H2,1-2H3. The fraction of sp³-hybridized carbons (Fsp3) is 1.00. The van der Waals surface area contributed by atoms with Gasteiger partial charge in [-0.05, 0) is 32.6 Å². The van der Waals surface area contributed by atoms with Crippen LogP contribution in [0.4, 0.5) is 0 Å². The van der Waals surface area contributed by atoms with Crippen LogP contribution in [0.3, 0.4) is 0 Å². The summed E-state index contributed by atoms with van der Waals surface area (Å²) < 4.78 is 11.4. The number of unbranched alkanes of at least 4 members (excludes halogenated alkanes) is 1. The predicted octanol–water partition coefficient (Wildman–Crippen LogP) is 1.94. The van der Waals surface area contributed by atoms with Crippen molar-refractivity contribution in [3.8, 4) is 0 Å². The molecule has 0 amide bonds. The molecule has 2 aliphatic rings. The molecule has 2 atom stereocenters. The van der Waals surface area contributed by atoms with E-state index in [1.54, 1.807) is 0 Å². The van der Waals surface area contributed by atoms with E-state index in [9.17, 15) is 5.11 Å². The Morgan fingerprint density at radius 3 is 2.44 bits per heavy atom. The average Bonchev–Trinajstić information content (AvgIpc) is 3.04. The molecule has 2 fully saturated rings. The molecule has 3 N–H and O–H groups in total. The maximum Gasteiger partial charge on any atom is 0.148 e. The maximum absolute atomic E-state index is 10.2. The van der Waals surface area contributed by atoms with E-state index in [1.165, 1.54) is 0 Å². The number of nitrogens with two attached hydrogens (primary N) is 1. The van der Waals surface area contributed by atoms with Crippen LogP contribution >= 0.6 is 0 Å². The predicted molar refractivity (Wildman–Crippen MR) is 70.2 cm³/mol. The van der Waals surface area contributed by atoms with E-state index in [2.05, 4.69) is 6.92 Å². The lowest BCUT2D eigenvalue weighted by molar-refractivity contribution is -0.230. The molecule has 4 nitrogen and oxygen atoms in total. The summed E-state index contributed by atoms with van der Waals surface area (Å²) in [5, 5.41) is 10.2. The molecular weight excluding hydrogens is 230 g/mol. The van der Waals surface area contributed by atoms with E-state index in [-0.39, 0.29) is 5.60 Å². The van der Waals surface area contributed by atoms with Crippen molar-refractivity contribution in [1.82, 2.24) is 0 Å². The van der Waals surface area contributed by atoms with E-state index in [1.807, 2.05) is 6.92 Å². The fourth-order valence-corrected chi connectivity index (χ4v) is 2.63. The van der Waals surface area contributed by atoms with Crippen molar-refractivity contribution < 1.29 is 14.6 Å². The second-order valence-electron chi connectivity index (χ2n) is 6.18. The third kappa shape index (κ3) is 2.87. The smallest absolute Gasteiger partial charge is 0.148 e. The van der Waals surface area contributed by atoms with Crippen LogP contribution in [0.25, 0.3) is 0 Å². The molecule has 0 aromatic rings. The molecule has 4 heteroatoms. The Morgan fingerprint density at radius 2 is 2.00 bits per heavy atom. The van der Waals surface area contributed by atoms with Crippen LogP contribution in [-0.2, 0) is 9.47 Å². The van der Waals surface area contributed by atoms with Crippen molar-refractivity contribution in [3.05, 3.63) is 0 Å². The van der Waals surface area contributed by atoms with Gasteiger partial charge in [-0.25, -0.2) is 0 Å². The van der Waals surface area contributed by atoms with Gasteiger partial charge in [-0.15, -0.1) is 0 Å². The van der Waals surface area contributed by atoms with Gasteiger partial charge < -0.3 is 20.3 Å². The lowest BCUT2D eigenvalue weighted by Gasteiger charge is -2.44. The monoisotopic (exact) mass is 257 g/mol. The molecule has 0 aromatic heterocycles. The Bertz CT molecular complexity index is 283. The first kappa shape index (κ1) is 14.3. The minimum absolute atomic E-state index is 0.258. The van der Waals surface area contributed by atoms with Gasteiger partial charge >= 0.3 is 0 Å². The molecular formula is C14H27NO3. The highest BCUT2D eigenvalue weighted by Crippen LogP contribution is 2.52. The summed E-state index contributed by atoms with van der Waals surface area (Å²) in [5.41, 5.74) is 4.74. The Labute approximate surface area is 110 Å². The molecule has 1 aliphatic carbocycles. The number of aliphatic hydroxyl groups is 1. The normalized spacial score (nSPS) is 32.7. The topological polar surface area (TPSA) is 64.7 Å². The Kier molecular flexibility index (Phi) is 4.02. The van der Waals surface area contributed by atoms with Crippen LogP contribution in [0.5, 0.6) is 0 Å². The van der Waals surface area contributed by atoms with Crippen LogP contribution in [0, 0.1) is 0 Å². The van der Waals surface area contributed by atoms with Crippen LogP contribution in [0.2, 0.25) is 0 Å². The first-order chi connectivity index (χ1) is 8.43. The fourth-order valence-electron chi connectivity index (χ4n) is 2.63. The second kappa shape index (κ2) is 5.08. The highest BCUT2D eigenvalue weighted by molar-refractivity contribution is 5.12. The molecule has 1 aliphatic heterocycles. The minimum Gasteiger partial charge on any atom is -0.390 e. The molecule has 1 saturated heterocycles. The maximum atomic E-state index is 10.2. The van der Waals surface area contributed by atoms with Crippen LogP contribution < -0.4 is 5.73 Å². The molecule has 0 radical (unpaired) electrons. The molecule has 0 spiro atoms. The van der Waals surface area contributed by atoms with Gasteiger partial charge in [-0.1, -0.05) is 19.8 Å². The zero-order valence-corrected chi connectivity index (χ0v) is 11.7. The number of hydrogen-bond donors (Lipinski definition) is 2. The summed E-state index contributed by atoms with van der Waals surface area (Å²) in [6.45, 7) is 5.34. The summed E-state index contributed by atoms with van der Waals surface area (Å²) in [6.07, 6.45) is 6.54. The van der Waals surface area contributed by atoms with Gasteiger partial charge in [-0.2, -0.15) is 0 Å². The first-order valence-electron chi connectivity index (χ1n) is 7.22. The van der Waals surface area contributed by atoms with Crippen molar-refractivity contribution in [1.29, 1.82) is 0 Å². The lowest BCUT2D eigenvalue weighted by Crippen LogP contribution is -2.63. The van der Waals surface area contributed by atoms with Crippen molar-refractivity contribution >= 4 is 0 Å². The highest BCUT2D eigenvalue weighted by Gasteiger charge is 2.62. The molecule has 2 unspecified atom stereocenters. The van der Waals surface area contributed by atoms with Crippen molar-refractivity contribution in [2.45, 2.75) is 75.7 Å². The van der Waals surface area contributed by atoms with Gasteiger partial charge in [0.2, 0.25) is 0 Å². The van der Waals surface area contributed by atoms with Crippen molar-refractivity contribution in [2.24, 2.45) is 5.73 Å². The summed E-state index contributed by atoms with van der Waals surface area (Å²) in [6, 6.07) is 0. The number of ether oxygens (including phenoxy) is 2. The quantitative estimate of drug-likeness (QED) is 0.697. The number of hydrogen-bond acceptors (Lipinski definition) is 4. The van der Waals surface area contributed by atoms with E-state index in [0.717, 1.165) is 45.1 Å². The summed E-state index contributed by atoms with van der Waals surface area (Å²) in [5.74, 6) is 0. The summed E-state index contributed by atoms with van der Waals surface area (Å²) in [7, 11) is 0. The molecule has 0 aromatic carbocycles. The second-order valence-corrected chi connectivity index (χ2v) is 6.18. The van der Waals surface area contributed by atoms with Crippen molar-refractivity contribution in [2.75, 3.05) is 13.2 Å². The van der Waals surface area contributed by atoms with E-state index < -0.39 is 11.3 Å². The largest absolute Gasteiger partial charge is 0.390 e. The van der Waals surface area contributed by atoms with Crippen molar-refractivity contribution in [3.63, 3.8) is 0 Å². The summed E-state index contributed by atoms with van der Waals surface area (Å²) in [4.78, 5) is 0. The van der Waals surface area contributed by atoms with Gasteiger partial charge in [0.05, 0.1) is 18.8 Å². The average molecular weight is 257 g/mol. The lowest BCUT2D eigenvalue weighted by atomic mass is 9.95. The zero-order valence-electron chi connectivity index (χ0n) is 11.7. The molecule has 2 rings (SSSR count). The van der Waals surface area contributed by atoms with Gasteiger partial charge in [0.15, 0.2) is 0 Å². The van der Waals surface area contributed by atoms with Crippen LogP contribution in [0.1, 0.15) is 58.8 Å². The SMILES string of the molecule is CCCCC(C)(O)CCOC1(C2(N)CCO2)CC1. The Morgan fingerprint density at radius 1 is 1.33 bits per heavy atom. The molecule has 18 heavy (non-hydrogen) atoms. The molecule has 0 bridgehead atoms. The molecule has 1 saturated carbocycles. The Balaban J connectivity index is 1.72. The summed E-state index contributed by atoms with van der Waals surface area (Å²) >= 11 is 0. The van der Waals surface area contributed by atoms with Gasteiger partial charge in [0, 0.05) is 6.42 Å². The first-order valence-corrected chi connectivity index (χ1v) is 7.22. The van der Waals surface area contributed by atoms with Gasteiger partial charge in [0.25, 0.3) is 0 Å².